The van der Waals surface area contributed by atoms with Gasteiger partial charge in [0.1, 0.15) is 4.90 Å². The van der Waals surface area contributed by atoms with E-state index in [-0.39, 0.29) is 22.4 Å². The minimum atomic E-state index is -3.62. The summed E-state index contributed by atoms with van der Waals surface area (Å²) in [5.41, 5.74) is 1.80. The maximum Gasteiger partial charge on any atom is 0.244 e. The molecule has 27 heavy (non-hydrogen) atoms. The van der Waals surface area contributed by atoms with Crippen molar-refractivity contribution in [2.75, 3.05) is 38.0 Å². The fourth-order valence-electron chi connectivity index (χ4n) is 3.03. The minimum Gasteiger partial charge on any atom is -0.325 e. The molecule has 3 rings (SSSR count). The van der Waals surface area contributed by atoms with Crippen LogP contribution in [0.2, 0.25) is 5.02 Å². The molecule has 0 saturated carbocycles. The summed E-state index contributed by atoms with van der Waals surface area (Å²) in [7, 11) is -3.62. The average Bonchev–Trinajstić information content (AvgIpc) is 2.64. The summed E-state index contributed by atoms with van der Waals surface area (Å²) in [5.74, 6) is -0.105. The molecule has 1 aliphatic heterocycles. The first kappa shape index (κ1) is 19.8. The molecule has 0 atom stereocenters. The van der Waals surface area contributed by atoms with Gasteiger partial charge in [0.25, 0.3) is 0 Å². The van der Waals surface area contributed by atoms with Gasteiger partial charge in [-0.2, -0.15) is 4.31 Å². The number of aryl methyl sites for hydroxylation is 1. The lowest BCUT2D eigenvalue weighted by atomic mass is 10.2. The van der Waals surface area contributed by atoms with Crippen molar-refractivity contribution >= 4 is 33.2 Å². The lowest BCUT2D eigenvalue weighted by molar-refractivity contribution is -0.117. The number of carbonyl (C=O) groups is 1. The average molecular weight is 408 g/mol. The van der Waals surface area contributed by atoms with Gasteiger partial charge in [-0.3, -0.25) is 9.69 Å². The second kappa shape index (κ2) is 8.39. The fraction of sp³-hybridized carbons (Fsp3) is 0.316. The van der Waals surface area contributed by atoms with Gasteiger partial charge in [0.2, 0.25) is 15.9 Å². The van der Waals surface area contributed by atoms with E-state index in [0.29, 0.717) is 26.2 Å². The Balaban J connectivity index is 1.57. The van der Waals surface area contributed by atoms with Gasteiger partial charge in [0.15, 0.2) is 0 Å². The second-order valence-corrected chi connectivity index (χ2v) is 8.79. The molecule has 2 aromatic carbocycles. The monoisotopic (exact) mass is 407 g/mol. The highest BCUT2D eigenvalue weighted by atomic mass is 35.5. The first-order valence-corrected chi connectivity index (χ1v) is 10.5. The highest BCUT2D eigenvalue weighted by Gasteiger charge is 2.30. The van der Waals surface area contributed by atoms with Crippen molar-refractivity contribution in [3.05, 3.63) is 59.1 Å². The fourth-order valence-corrected chi connectivity index (χ4v) is 4.94. The third-order valence-electron chi connectivity index (χ3n) is 4.57. The van der Waals surface area contributed by atoms with Crippen LogP contribution in [0.3, 0.4) is 0 Å². The number of carbonyl (C=O) groups excluding carboxylic acids is 1. The van der Waals surface area contributed by atoms with Crippen LogP contribution < -0.4 is 5.32 Å². The Kier molecular flexibility index (Phi) is 6.16. The van der Waals surface area contributed by atoms with Crippen molar-refractivity contribution in [1.29, 1.82) is 0 Å². The molecule has 0 spiro atoms. The van der Waals surface area contributed by atoms with E-state index >= 15 is 0 Å². The molecule has 0 bridgehead atoms. The van der Waals surface area contributed by atoms with Crippen molar-refractivity contribution < 1.29 is 13.2 Å². The molecule has 144 valence electrons. The van der Waals surface area contributed by atoms with E-state index < -0.39 is 10.0 Å². The highest BCUT2D eigenvalue weighted by molar-refractivity contribution is 7.89. The molecule has 0 aromatic heterocycles. The molecule has 1 aliphatic rings. The van der Waals surface area contributed by atoms with Gasteiger partial charge in [0, 0.05) is 31.9 Å². The standard InChI is InChI=1S/C19H22ClN3O3S/c1-15-6-2-4-8-17(15)21-19(24)14-22-10-12-23(13-11-22)27(25,26)18-9-5-3-7-16(18)20/h2-9H,10-14H2,1H3,(H,21,24). The number of halogens is 1. The number of amides is 1. The SMILES string of the molecule is Cc1ccccc1NC(=O)CN1CCN(S(=O)(=O)c2ccccc2Cl)CC1. The lowest BCUT2D eigenvalue weighted by Crippen LogP contribution is -2.50. The Hall–Kier alpha value is -1.93. The van der Waals surface area contributed by atoms with E-state index in [1.165, 1.54) is 10.4 Å². The largest absolute Gasteiger partial charge is 0.325 e. The lowest BCUT2D eigenvalue weighted by Gasteiger charge is -2.33. The van der Waals surface area contributed by atoms with Crippen LogP contribution in [-0.4, -0.2) is 56.3 Å². The minimum absolute atomic E-state index is 0.105. The Labute approximate surface area is 164 Å². The number of rotatable bonds is 5. The molecule has 6 nitrogen and oxygen atoms in total. The maximum absolute atomic E-state index is 12.8. The highest BCUT2D eigenvalue weighted by Crippen LogP contribution is 2.25. The van der Waals surface area contributed by atoms with Crippen LogP contribution in [0.5, 0.6) is 0 Å². The van der Waals surface area contributed by atoms with E-state index in [0.717, 1.165) is 11.3 Å². The van der Waals surface area contributed by atoms with Crippen LogP contribution in [-0.2, 0) is 14.8 Å². The van der Waals surface area contributed by atoms with Gasteiger partial charge in [-0.15, -0.1) is 0 Å². The number of nitrogens with zero attached hydrogens (tertiary/aromatic N) is 2. The van der Waals surface area contributed by atoms with Gasteiger partial charge < -0.3 is 5.32 Å². The molecule has 1 saturated heterocycles. The Morgan fingerprint density at radius 1 is 1.04 bits per heavy atom. The van der Waals surface area contributed by atoms with Gasteiger partial charge in [-0.25, -0.2) is 8.42 Å². The number of hydrogen-bond donors (Lipinski definition) is 1. The zero-order valence-electron chi connectivity index (χ0n) is 15.1. The number of piperazine rings is 1. The van der Waals surface area contributed by atoms with Crippen LogP contribution in [0, 0.1) is 6.92 Å². The molecule has 8 heteroatoms. The summed E-state index contributed by atoms with van der Waals surface area (Å²) in [6.07, 6.45) is 0. The van der Waals surface area contributed by atoms with E-state index in [1.54, 1.807) is 18.2 Å². The molecule has 0 aliphatic carbocycles. The van der Waals surface area contributed by atoms with Crippen LogP contribution in [0.25, 0.3) is 0 Å². The smallest absolute Gasteiger partial charge is 0.244 e. The molecule has 0 unspecified atom stereocenters. The van der Waals surface area contributed by atoms with Crippen LogP contribution in [0.15, 0.2) is 53.4 Å². The van der Waals surface area contributed by atoms with Gasteiger partial charge in [-0.1, -0.05) is 41.9 Å². The third kappa shape index (κ3) is 4.68. The summed E-state index contributed by atoms with van der Waals surface area (Å²) in [6.45, 7) is 3.80. The molecular weight excluding hydrogens is 386 g/mol. The van der Waals surface area contributed by atoms with Gasteiger partial charge in [0.05, 0.1) is 11.6 Å². The molecule has 1 amide bonds. The van der Waals surface area contributed by atoms with E-state index in [4.69, 9.17) is 11.6 Å². The number of benzene rings is 2. The zero-order valence-corrected chi connectivity index (χ0v) is 16.6. The van der Waals surface area contributed by atoms with Crippen molar-refractivity contribution in [3.63, 3.8) is 0 Å². The van der Waals surface area contributed by atoms with Crippen molar-refractivity contribution in [3.8, 4) is 0 Å². The summed E-state index contributed by atoms with van der Waals surface area (Å²) in [4.78, 5) is 14.3. The summed E-state index contributed by atoms with van der Waals surface area (Å²) in [5, 5.41) is 3.12. The zero-order chi connectivity index (χ0) is 19.4. The van der Waals surface area contributed by atoms with Crippen LogP contribution in [0.4, 0.5) is 5.69 Å². The summed E-state index contributed by atoms with van der Waals surface area (Å²) in [6, 6.07) is 14.0. The Morgan fingerprint density at radius 2 is 1.67 bits per heavy atom. The van der Waals surface area contributed by atoms with Crippen molar-refractivity contribution in [2.45, 2.75) is 11.8 Å². The molecule has 1 fully saturated rings. The summed E-state index contributed by atoms with van der Waals surface area (Å²) < 4.78 is 26.9. The van der Waals surface area contributed by atoms with Crippen molar-refractivity contribution in [1.82, 2.24) is 9.21 Å². The van der Waals surface area contributed by atoms with E-state index in [9.17, 15) is 13.2 Å². The Morgan fingerprint density at radius 3 is 2.33 bits per heavy atom. The molecule has 1 heterocycles. The summed E-state index contributed by atoms with van der Waals surface area (Å²) >= 11 is 6.05. The van der Waals surface area contributed by atoms with Crippen LogP contribution in [0.1, 0.15) is 5.56 Å². The van der Waals surface area contributed by atoms with Gasteiger partial charge in [-0.05, 0) is 30.7 Å². The molecule has 2 aromatic rings. The van der Waals surface area contributed by atoms with Gasteiger partial charge >= 0.3 is 0 Å². The number of nitrogens with one attached hydrogen (secondary N) is 1. The maximum atomic E-state index is 12.8. The number of anilines is 1. The van der Waals surface area contributed by atoms with Crippen molar-refractivity contribution in [2.24, 2.45) is 0 Å². The predicted molar refractivity (Wildman–Crippen MR) is 106 cm³/mol. The molecular formula is C19H22ClN3O3S. The predicted octanol–water partition coefficient (Wildman–Crippen LogP) is 2.59. The topological polar surface area (TPSA) is 69.7 Å². The number of para-hydroxylation sites is 1. The van der Waals surface area contributed by atoms with E-state index in [2.05, 4.69) is 5.32 Å². The molecule has 0 radical (unpaired) electrons. The first-order valence-electron chi connectivity index (χ1n) is 8.70. The molecule has 1 N–H and O–H groups in total. The van der Waals surface area contributed by atoms with Crippen LogP contribution >= 0.6 is 11.6 Å². The number of sulfonamides is 1. The Bertz CT molecular complexity index is 925. The second-order valence-electron chi connectivity index (χ2n) is 6.47. The first-order chi connectivity index (χ1) is 12.9. The van der Waals surface area contributed by atoms with E-state index in [1.807, 2.05) is 36.1 Å². The normalized spacial score (nSPS) is 16.2. The third-order valence-corrected chi connectivity index (χ3v) is 6.97. The quantitative estimate of drug-likeness (QED) is 0.827. The number of hydrogen-bond acceptors (Lipinski definition) is 4.